The third-order valence-corrected chi connectivity index (χ3v) is 6.14. The summed E-state index contributed by atoms with van der Waals surface area (Å²) in [5.41, 5.74) is -0.0172. The highest BCUT2D eigenvalue weighted by atomic mass is 16.5. The second kappa shape index (κ2) is 10.8. The Morgan fingerprint density at radius 3 is 2.53 bits per heavy atom. The smallest absolute Gasteiger partial charge is 0.260 e. The molecule has 1 saturated heterocycles. The summed E-state index contributed by atoms with van der Waals surface area (Å²) < 4.78 is 11.7. The highest BCUT2D eigenvalue weighted by molar-refractivity contribution is 5.97. The molecule has 0 unspecified atom stereocenters. The molecule has 1 aliphatic heterocycles. The number of benzene rings is 1. The Labute approximate surface area is 180 Å². The summed E-state index contributed by atoms with van der Waals surface area (Å²) in [4.78, 5) is 27.2. The van der Waals surface area contributed by atoms with Crippen molar-refractivity contribution in [2.75, 3.05) is 31.6 Å². The van der Waals surface area contributed by atoms with Crippen LogP contribution >= 0.6 is 0 Å². The fraction of sp³-hybridized carbons (Fsp3) is 0.667. The minimum Gasteiger partial charge on any atom is -0.484 e. The van der Waals surface area contributed by atoms with Crippen LogP contribution in [-0.4, -0.2) is 48.6 Å². The second-order valence-corrected chi connectivity index (χ2v) is 8.75. The molecule has 166 valence electrons. The summed E-state index contributed by atoms with van der Waals surface area (Å²) in [6.07, 6.45) is 7.92. The molecule has 6 heteroatoms. The van der Waals surface area contributed by atoms with Crippen molar-refractivity contribution in [3.8, 4) is 5.75 Å². The molecule has 2 aliphatic rings. The van der Waals surface area contributed by atoms with E-state index >= 15 is 0 Å². The van der Waals surface area contributed by atoms with Gasteiger partial charge in [-0.15, -0.1) is 0 Å². The van der Waals surface area contributed by atoms with Gasteiger partial charge >= 0.3 is 0 Å². The van der Waals surface area contributed by atoms with Gasteiger partial charge in [0, 0.05) is 25.4 Å². The highest BCUT2D eigenvalue weighted by Crippen LogP contribution is 2.36. The lowest BCUT2D eigenvalue weighted by atomic mass is 9.78. The number of piperidine rings is 1. The van der Waals surface area contributed by atoms with Crippen LogP contribution in [0.25, 0.3) is 0 Å². The number of likely N-dealkylation sites (tertiary alicyclic amines) is 1. The number of nitrogens with one attached hydrogen (secondary N) is 1. The fourth-order valence-corrected chi connectivity index (χ4v) is 4.46. The molecule has 3 rings (SSSR count). The summed E-state index contributed by atoms with van der Waals surface area (Å²) in [7, 11) is 0. The van der Waals surface area contributed by atoms with Crippen LogP contribution in [0, 0.1) is 5.92 Å². The van der Waals surface area contributed by atoms with Gasteiger partial charge in [-0.05, 0) is 75.1 Å². The van der Waals surface area contributed by atoms with E-state index in [2.05, 4.69) is 19.2 Å². The van der Waals surface area contributed by atoms with Gasteiger partial charge in [-0.1, -0.05) is 20.3 Å². The number of carbonyl (C=O) groups is 2. The number of carbonyl (C=O) groups excluding carboxylic acids is 2. The standard InChI is InChI=1S/C24H36N2O4/c1-3-16-30-24(13-7-8-19(2)17-24)23(28)25-20-9-11-21(12-10-20)29-18-22(27)26-14-5-4-6-15-26/h9-12,19H,3-8,13-18H2,1-2H3,(H,25,28)/t19-,24-/m0/s1. The quantitative estimate of drug-likeness (QED) is 0.682. The lowest BCUT2D eigenvalue weighted by molar-refractivity contribution is -0.148. The van der Waals surface area contributed by atoms with E-state index < -0.39 is 5.60 Å². The average molecular weight is 417 g/mol. The Kier molecular flexibility index (Phi) is 8.14. The van der Waals surface area contributed by atoms with Crippen LogP contribution < -0.4 is 10.1 Å². The summed E-state index contributed by atoms with van der Waals surface area (Å²) in [5.74, 6) is 1.08. The fourth-order valence-electron chi connectivity index (χ4n) is 4.46. The average Bonchev–Trinajstić information content (AvgIpc) is 2.77. The van der Waals surface area contributed by atoms with Gasteiger partial charge in [0.05, 0.1) is 0 Å². The first-order chi connectivity index (χ1) is 14.5. The molecular weight excluding hydrogens is 380 g/mol. The SMILES string of the molecule is CCCO[C@@]1(C(=O)Nc2ccc(OCC(=O)N3CCCCC3)cc2)CCC[C@H](C)C1. The maximum Gasteiger partial charge on any atom is 0.260 e. The molecule has 1 heterocycles. The van der Waals surface area contributed by atoms with E-state index in [4.69, 9.17) is 9.47 Å². The van der Waals surface area contributed by atoms with Crippen molar-refractivity contribution in [3.63, 3.8) is 0 Å². The second-order valence-electron chi connectivity index (χ2n) is 8.75. The summed E-state index contributed by atoms with van der Waals surface area (Å²) >= 11 is 0. The monoisotopic (exact) mass is 416 g/mol. The van der Waals surface area contributed by atoms with E-state index in [9.17, 15) is 9.59 Å². The van der Waals surface area contributed by atoms with Crippen molar-refractivity contribution in [3.05, 3.63) is 24.3 Å². The molecular formula is C24H36N2O4. The first kappa shape index (κ1) is 22.6. The Morgan fingerprint density at radius 1 is 1.13 bits per heavy atom. The molecule has 2 fully saturated rings. The van der Waals surface area contributed by atoms with Gasteiger partial charge in [-0.3, -0.25) is 9.59 Å². The first-order valence-electron chi connectivity index (χ1n) is 11.5. The van der Waals surface area contributed by atoms with Crippen molar-refractivity contribution < 1.29 is 19.1 Å². The number of anilines is 1. The predicted octanol–water partition coefficient (Wildman–Crippen LogP) is 4.39. The van der Waals surface area contributed by atoms with E-state index in [0.717, 1.165) is 58.0 Å². The number of rotatable bonds is 8. The van der Waals surface area contributed by atoms with Crippen molar-refractivity contribution in [1.29, 1.82) is 0 Å². The number of amides is 2. The van der Waals surface area contributed by atoms with Crippen LogP contribution in [0.15, 0.2) is 24.3 Å². The zero-order chi connectivity index (χ0) is 21.4. The van der Waals surface area contributed by atoms with Crippen LogP contribution in [0.3, 0.4) is 0 Å². The van der Waals surface area contributed by atoms with Gasteiger partial charge in [0.25, 0.3) is 11.8 Å². The lowest BCUT2D eigenvalue weighted by Gasteiger charge is -2.38. The number of hydrogen-bond acceptors (Lipinski definition) is 4. The highest BCUT2D eigenvalue weighted by Gasteiger charge is 2.42. The van der Waals surface area contributed by atoms with Gasteiger partial charge in [0.15, 0.2) is 6.61 Å². The molecule has 0 radical (unpaired) electrons. The normalized spacial score (nSPS) is 24.3. The number of nitrogens with zero attached hydrogens (tertiary/aromatic N) is 1. The van der Waals surface area contributed by atoms with Gasteiger partial charge in [0.1, 0.15) is 11.4 Å². The van der Waals surface area contributed by atoms with Crippen LogP contribution in [0.1, 0.15) is 65.2 Å². The van der Waals surface area contributed by atoms with Crippen molar-refractivity contribution in [1.82, 2.24) is 4.90 Å². The molecule has 1 aromatic carbocycles. The zero-order valence-electron chi connectivity index (χ0n) is 18.5. The van der Waals surface area contributed by atoms with Crippen LogP contribution in [-0.2, 0) is 14.3 Å². The third kappa shape index (κ3) is 5.97. The van der Waals surface area contributed by atoms with Crippen molar-refractivity contribution in [2.24, 2.45) is 5.92 Å². The van der Waals surface area contributed by atoms with E-state index in [-0.39, 0.29) is 18.4 Å². The third-order valence-electron chi connectivity index (χ3n) is 6.14. The first-order valence-corrected chi connectivity index (χ1v) is 11.5. The molecule has 6 nitrogen and oxygen atoms in total. The minimum absolute atomic E-state index is 0.0357. The molecule has 0 spiro atoms. The van der Waals surface area contributed by atoms with E-state index in [1.807, 2.05) is 17.0 Å². The molecule has 0 bridgehead atoms. The van der Waals surface area contributed by atoms with Crippen molar-refractivity contribution >= 4 is 17.5 Å². The van der Waals surface area contributed by atoms with Gasteiger partial charge in [-0.2, -0.15) is 0 Å². The summed E-state index contributed by atoms with van der Waals surface area (Å²) in [5, 5.41) is 3.03. The summed E-state index contributed by atoms with van der Waals surface area (Å²) in [6.45, 7) is 6.55. The maximum atomic E-state index is 13.1. The molecule has 1 aliphatic carbocycles. The Balaban J connectivity index is 1.54. The minimum atomic E-state index is -0.732. The van der Waals surface area contributed by atoms with E-state index in [0.29, 0.717) is 24.0 Å². The molecule has 0 aromatic heterocycles. The molecule has 2 atom stereocenters. The lowest BCUT2D eigenvalue weighted by Crippen LogP contribution is -2.48. The molecule has 1 aromatic rings. The van der Waals surface area contributed by atoms with Gasteiger partial charge in [0.2, 0.25) is 0 Å². The van der Waals surface area contributed by atoms with Crippen molar-refractivity contribution in [2.45, 2.75) is 70.8 Å². The van der Waals surface area contributed by atoms with Crippen LogP contribution in [0.2, 0.25) is 0 Å². The summed E-state index contributed by atoms with van der Waals surface area (Å²) in [6, 6.07) is 7.22. The zero-order valence-corrected chi connectivity index (χ0v) is 18.5. The van der Waals surface area contributed by atoms with E-state index in [1.165, 1.54) is 6.42 Å². The topological polar surface area (TPSA) is 67.9 Å². The molecule has 2 amide bonds. The molecule has 1 N–H and O–H groups in total. The number of hydrogen-bond donors (Lipinski definition) is 1. The Hall–Kier alpha value is -2.08. The molecule has 1 saturated carbocycles. The van der Waals surface area contributed by atoms with Gasteiger partial charge in [-0.25, -0.2) is 0 Å². The van der Waals surface area contributed by atoms with Crippen LogP contribution in [0.4, 0.5) is 5.69 Å². The largest absolute Gasteiger partial charge is 0.484 e. The predicted molar refractivity (Wildman–Crippen MR) is 118 cm³/mol. The van der Waals surface area contributed by atoms with E-state index in [1.54, 1.807) is 12.1 Å². The van der Waals surface area contributed by atoms with Gasteiger partial charge < -0.3 is 19.7 Å². The Morgan fingerprint density at radius 2 is 1.87 bits per heavy atom. The maximum absolute atomic E-state index is 13.1. The van der Waals surface area contributed by atoms with Crippen LogP contribution in [0.5, 0.6) is 5.75 Å². The Bertz CT molecular complexity index is 700. The number of ether oxygens (including phenoxy) is 2. The molecule has 30 heavy (non-hydrogen) atoms.